The van der Waals surface area contributed by atoms with Gasteiger partial charge in [-0.3, -0.25) is 9.69 Å². The van der Waals surface area contributed by atoms with Crippen molar-refractivity contribution in [3.8, 4) is 0 Å². The molecule has 30 heavy (non-hydrogen) atoms. The largest absolute Gasteiger partial charge is 0.444 e. The molecule has 1 spiro atoms. The molecule has 1 aromatic carbocycles. The van der Waals surface area contributed by atoms with Gasteiger partial charge in [-0.05, 0) is 50.2 Å². The molecule has 0 bridgehead atoms. The van der Waals surface area contributed by atoms with Gasteiger partial charge >= 0.3 is 12.1 Å². The first-order chi connectivity index (χ1) is 13.8. The molecular weight excluding hydrogens is 382 g/mol. The van der Waals surface area contributed by atoms with Crippen molar-refractivity contribution in [2.24, 2.45) is 0 Å². The lowest BCUT2D eigenvalue weighted by molar-refractivity contribution is -0.133. The van der Waals surface area contributed by atoms with Crippen LogP contribution in [0.5, 0.6) is 0 Å². The molecule has 0 atom stereocenters. The summed E-state index contributed by atoms with van der Waals surface area (Å²) in [5.74, 6) is -0.212. The molecule has 0 aromatic heterocycles. The third-order valence-electron chi connectivity index (χ3n) is 5.68. The lowest BCUT2D eigenvalue weighted by Gasteiger charge is -2.37. The minimum atomic E-state index is -0.930. The van der Waals surface area contributed by atoms with Crippen LogP contribution in [0.1, 0.15) is 65.5 Å². The van der Waals surface area contributed by atoms with Gasteiger partial charge in [0.25, 0.3) is 5.91 Å². The van der Waals surface area contributed by atoms with E-state index in [4.69, 9.17) is 4.74 Å². The fourth-order valence-electron chi connectivity index (χ4n) is 3.85. The van der Waals surface area contributed by atoms with Gasteiger partial charge in [-0.15, -0.1) is 0 Å². The van der Waals surface area contributed by atoms with Crippen molar-refractivity contribution in [1.29, 1.82) is 0 Å². The smallest absolute Gasteiger partial charge is 0.410 e. The maximum atomic E-state index is 13.1. The lowest BCUT2D eigenvalue weighted by atomic mass is 9.86. The second-order valence-electron chi connectivity index (χ2n) is 10.3. The van der Waals surface area contributed by atoms with Crippen molar-refractivity contribution in [3.63, 3.8) is 0 Å². The van der Waals surface area contributed by atoms with Crippen LogP contribution in [0.25, 0.3) is 0 Å². The van der Waals surface area contributed by atoms with Gasteiger partial charge < -0.3 is 15.0 Å². The van der Waals surface area contributed by atoms with Gasteiger partial charge in [-0.1, -0.05) is 45.0 Å². The molecule has 7 nitrogen and oxygen atoms in total. The van der Waals surface area contributed by atoms with Gasteiger partial charge in [-0.25, -0.2) is 9.59 Å². The second-order valence-corrected chi connectivity index (χ2v) is 10.3. The van der Waals surface area contributed by atoms with Crippen molar-refractivity contribution in [1.82, 2.24) is 15.1 Å². The molecule has 0 aliphatic carbocycles. The normalized spacial score (nSPS) is 19.3. The number of nitrogens with zero attached hydrogens (tertiary/aromatic N) is 2. The monoisotopic (exact) mass is 415 g/mol. The van der Waals surface area contributed by atoms with Crippen LogP contribution in [0.15, 0.2) is 24.3 Å². The third kappa shape index (κ3) is 4.60. The van der Waals surface area contributed by atoms with E-state index in [1.54, 1.807) is 4.90 Å². The van der Waals surface area contributed by atoms with Gasteiger partial charge in [0, 0.05) is 13.1 Å². The number of benzene rings is 1. The highest BCUT2D eigenvalue weighted by atomic mass is 16.6. The molecule has 0 unspecified atom stereocenters. The summed E-state index contributed by atoms with van der Waals surface area (Å²) in [6.07, 6.45) is 0.386. The van der Waals surface area contributed by atoms with E-state index in [1.807, 2.05) is 45.0 Å². The van der Waals surface area contributed by atoms with Crippen LogP contribution in [-0.4, -0.2) is 52.1 Å². The van der Waals surface area contributed by atoms with E-state index in [2.05, 4.69) is 26.1 Å². The summed E-state index contributed by atoms with van der Waals surface area (Å²) in [6, 6.07) is 7.66. The number of rotatable bonds is 2. The van der Waals surface area contributed by atoms with Crippen molar-refractivity contribution >= 4 is 18.0 Å². The number of hydrogen-bond donors (Lipinski definition) is 1. The number of urea groups is 1. The first kappa shape index (κ1) is 22.1. The quantitative estimate of drug-likeness (QED) is 0.745. The fraction of sp³-hybridized carbons (Fsp3) is 0.609. The zero-order valence-corrected chi connectivity index (χ0v) is 18.9. The van der Waals surface area contributed by atoms with E-state index >= 15 is 0 Å². The molecule has 0 radical (unpaired) electrons. The number of likely N-dealkylation sites (tertiary alicyclic amines) is 1. The minimum absolute atomic E-state index is 0.0472. The number of carbonyl (C=O) groups excluding carboxylic acids is 3. The number of imide groups is 1. The Bertz CT molecular complexity index is 825. The maximum absolute atomic E-state index is 13.1. The summed E-state index contributed by atoms with van der Waals surface area (Å²) in [7, 11) is 0. The van der Waals surface area contributed by atoms with E-state index < -0.39 is 11.1 Å². The number of piperidine rings is 1. The average Bonchev–Trinajstić information content (AvgIpc) is 2.85. The second kappa shape index (κ2) is 7.60. The van der Waals surface area contributed by atoms with E-state index in [9.17, 15) is 14.4 Å². The summed E-state index contributed by atoms with van der Waals surface area (Å²) in [5.41, 5.74) is 0.666. The Kier molecular flexibility index (Phi) is 5.60. The van der Waals surface area contributed by atoms with E-state index in [0.717, 1.165) is 5.56 Å². The molecule has 7 heteroatoms. The van der Waals surface area contributed by atoms with E-state index in [-0.39, 0.29) is 30.0 Å². The van der Waals surface area contributed by atoms with Crippen molar-refractivity contribution in [2.75, 3.05) is 13.1 Å². The topological polar surface area (TPSA) is 79.0 Å². The Labute approximate surface area is 178 Å². The first-order valence-electron chi connectivity index (χ1n) is 10.5. The van der Waals surface area contributed by atoms with Crippen LogP contribution >= 0.6 is 0 Å². The Morgan fingerprint density at radius 1 is 1.03 bits per heavy atom. The summed E-state index contributed by atoms with van der Waals surface area (Å²) in [6.45, 7) is 12.9. The van der Waals surface area contributed by atoms with Crippen molar-refractivity contribution in [2.45, 2.75) is 77.5 Å². The molecule has 3 rings (SSSR count). The summed E-state index contributed by atoms with van der Waals surface area (Å²) < 4.78 is 5.41. The number of hydrogen-bond acceptors (Lipinski definition) is 4. The summed E-state index contributed by atoms with van der Waals surface area (Å²) >= 11 is 0. The number of carbonyl (C=O) groups is 3. The Morgan fingerprint density at radius 3 is 2.10 bits per heavy atom. The molecular formula is C23H33N3O4. The fourth-order valence-corrected chi connectivity index (χ4v) is 3.85. The van der Waals surface area contributed by atoms with Gasteiger partial charge in [0.15, 0.2) is 0 Å². The molecule has 2 heterocycles. The van der Waals surface area contributed by atoms with Crippen molar-refractivity contribution < 1.29 is 19.1 Å². The van der Waals surface area contributed by atoms with Gasteiger partial charge in [0.2, 0.25) is 0 Å². The Hall–Kier alpha value is -2.57. The maximum Gasteiger partial charge on any atom is 0.410 e. The standard InChI is InChI=1S/C23H33N3O4/c1-21(2,3)17-9-7-16(8-10-17)15-26-18(27)23(24-19(26)28)11-13-25(14-12-23)20(29)30-22(4,5)6/h7-10H,11-15H2,1-6H3,(H,24,28). The number of amides is 4. The summed E-state index contributed by atoms with van der Waals surface area (Å²) in [5, 5.41) is 2.89. The highest BCUT2D eigenvalue weighted by Gasteiger charge is 2.52. The van der Waals surface area contributed by atoms with Crippen LogP contribution in [0.3, 0.4) is 0 Å². The zero-order valence-electron chi connectivity index (χ0n) is 18.9. The third-order valence-corrected chi connectivity index (χ3v) is 5.68. The molecule has 1 N–H and O–H groups in total. The molecule has 164 valence electrons. The molecule has 2 aliphatic heterocycles. The van der Waals surface area contributed by atoms with Crippen LogP contribution in [0.4, 0.5) is 9.59 Å². The average molecular weight is 416 g/mol. The molecule has 2 saturated heterocycles. The Morgan fingerprint density at radius 2 is 1.60 bits per heavy atom. The predicted octanol–water partition coefficient (Wildman–Crippen LogP) is 3.81. The molecule has 2 fully saturated rings. The zero-order chi connectivity index (χ0) is 22.3. The van der Waals surface area contributed by atoms with Crippen LogP contribution < -0.4 is 5.32 Å². The van der Waals surface area contributed by atoms with Gasteiger partial charge in [0.05, 0.1) is 6.54 Å². The number of ether oxygens (including phenoxy) is 1. The highest BCUT2D eigenvalue weighted by molar-refractivity contribution is 6.07. The van der Waals surface area contributed by atoms with Gasteiger partial charge in [-0.2, -0.15) is 0 Å². The van der Waals surface area contributed by atoms with E-state index in [0.29, 0.717) is 25.9 Å². The summed E-state index contributed by atoms with van der Waals surface area (Å²) in [4.78, 5) is 40.9. The SMILES string of the molecule is CC(C)(C)OC(=O)N1CCC2(CC1)NC(=O)N(Cc1ccc(C(C)(C)C)cc1)C2=O. The molecule has 4 amide bonds. The van der Waals surface area contributed by atoms with E-state index in [1.165, 1.54) is 10.5 Å². The molecule has 2 aliphatic rings. The first-order valence-corrected chi connectivity index (χ1v) is 10.5. The van der Waals surface area contributed by atoms with Crippen LogP contribution in [0.2, 0.25) is 0 Å². The van der Waals surface area contributed by atoms with Crippen molar-refractivity contribution in [3.05, 3.63) is 35.4 Å². The van der Waals surface area contributed by atoms with Crippen LogP contribution in [-0.2, 0) is 21.5 Å². The minimum Gasteiger partial charge on any atom is -0.444 e. The predicted molar refractivity (Wildman–Crippen MR) is 114 cm³/mol. The Balaban J connectivity index is 1.65. The molecule has 0 saturated carbocycles. The highest BCUT2D eigenvalue weighted by Crippen LogP contribution is 2.31. The van der Waals surface area contributed by atoms with Crippen LogP contribution in [0, 0.1) is 0 Å². The number of nitrogens with one attached hydrogen (secondary N) is 1. The molecule has 1 aromatic rings. The lowest BCUT2D eigenvalue weighted by Crippen LogP contribution is -2.56. The van der Waals surface area contributed by atoms with Gasteiger partial charge in [0.1, 0.15) is 11.1 Å².